The van der Waals surface area contributed by atoms with Gasteiger partial charge in [0.25, 0.3) is 0 Å². The van der Waals surface area contributed by atoms with Crippen LogP contribution in [0.3, 0.4) is 0 Å². The van der Waals surface area contributed by atoms with Gasteiger partial charge in [0.1, 0.15) is 0 Å². The van der Waals surface area contributed by atoms with E-state index in [-0.39, 0.29) is 12.2 Å². The molecule has 3 nitrogen and oxygen atoms in total. The first-order valence-corrected chi connectivity index (χ1v) is 8.51. The van der Waals surface area contributed by atoms with Crippen LogP contribution in [-0.4, -0.2) is 24.6 Å². The molecule has 1 aromatic rings. The second kappa shape index (κ2) is 8.09. The zero-order valence-corrected chi connectivity index (χ0v) is 14.8. The molecule has 2 rings (SSSR count). The van der Waals surface area contributed by atoms with Crippen LogP contribution in [0.1, 0.15) is 39.7 Å². The van der Waals surface area contributed by atoms with Crippen molar-refractivity contribution < 1.29 is 14.2 Å². The molecule has 0 amide bonds. The van der Waals surface area contributed by atoms with E-state index in [1.807, 2.05) is 38.1 Å². The molecule has 4 atom stereocenters. The number of benzene rings is 1. The molecule has 128 valence electrons. The topological polar surface area (TPSA) is 27.7 Å². The minimum absolute atomic E-state index is 0.125. The molecule has 0 unspecified atom stereocenters. The molecule has 0 aromatic heterocycles. The summed E-state index contributed by atoms with van der Waals surface area (Å²) in [6.07, 6.45) is 3.05. The highest BCUT2D eigenvalue weighted by Crippen LogP contribution is 2.36. The highest BCUT2D eigenvalue weighted by molar-refractivity contribution is 5.13. The first kappa shape index (κ1) is 18.2. The maximum Gasteiger partial charge on any atom is 0.163 e. The maximum absolute atomic E-state index is 6.19. The van der Waals surface area contributed by atoms with Crippen molar-refractivity contribution in [2.75, 3.05) is 6.61 Å². The summed E-state index contributed by atoms with van der Waals surface area (Å²) < 4.78 is 18.1. The van der Waals surface area contributed by atoms with Gasteiger partial charge in [-0.2, -0.15) is 0 Å². The van der Waals surface area contributed by atoms with E-state index < -0.39 is 5.79 Å². The summed E-state index contributed by atoms with van der Waals surface area (Å²) in [6.45, 7) is 13.5. The van der Waals surface area contributed by atoms with E-state index in [0.29, 0.717) is 25.0 Å². The molecule has 0 N–H and O–H groups in total. The lowest BCUT2D eigenvalue weighted by Crippen LogP contribution is -2.52. The largest absolute Gasteiger partial charge is 0.376 e. The SMILES string of the molecule is C=CC[C@@H]1OC(C)(C)O[C@@H]([C@H](C)COCc2ccccc2)[C@@H]1C. The molecule has 0 spiro atoms. The fourth-order valence-electron chi connectivity index (χ4n) is 3.24. The van der Waals surface area contributed by atoms with Gasteiger partial charge in [-0.25, -0.2) is 0 Å². The van der Waals surface area contributed by atoms with Crippen LogP contribution in [0, 0.1) is 11.8 Å². The quantitative estimate of drug-likeness (QED) is 0.689. The van der Waals surface area contributed by atoms with E-state index in [1.165, 1.54) is 5.56 Å². The van der Waals surface area contributed by atoms with Crippen molar-refractivity contribution in [3.63, 3.8) is 0 Å². The van der Waals surface area contributed by atoms with Gasteiger partial charge in [0.15, 0.2) is 5.79 Å². The lowest BCUT2D eigenvalue weighted by atomic mass is 9.86. The van der Waals surface area contributed by atoms with Gasteiger partial charge in [0, 0.05) is 11.8 Å². The predicted octanol–water partition coefficient (Wildman–Crippen LogP) is 4.57. The van der Waals surface area contributed by atoms with Crippen molar-refractivity contribution in [1.82, 2.24) is 0 Å². The Hall–Kier alpha value is -1.16. The minimum Gasteiger partial charge on any atom is -0.376 e. The Labute approximate surface area is 140 Å². The minimum atomic E-state index is -0.557. The van der Waals surface area contributed by atoms with Crippen molar-refractivity contribution in [2.45, 2.75) is 58.7 Å². The second-order valence-corrected chi connectivity index (χ2v) is 7.00. The van der Waals surface area contributed by atoms with Gasteiger partial charge in [0.2, 0.25) is 0 Å². The summed E-state index contributed by atoms with van der Waals surface area (Å²) in [7, 11) is 0. The van der Waals surface area contributed by atoms with Crippen LogP contribution in [0.4, 0.5) is 0 Å². The van der Waals surface area contributed by atoms with E-state index in [9.17, 15) is 0 Å². The summed E-state index contributed by atoms with van der Waals surface area (Å²) in [5.41, 5.74) is 1.20. The molecule has 1 saturated heterocycles. The predicted molar refractivity (Wildman–Crippen MR) is 93.1 cm³/mol. The molecular formula is C20H30O3. The Bertz CT molecular complexity index is 483. The molecule has 1 aliphatic rings. The highest BCUT2D eigenvalue weighted by Gasteiger charge is 2.42. The normalized spacial score (nSPS) is 28.3. The first-order chi connectivity index (χ1) is 10.9. The van der Waals surface area contributed by atoms with E-state index in [4.69, 9.17) is 14.2 Å². The van der Waals surface area contributed by atoms with Gasteiger partial charge < -0.3 is 14.2 Å². The molecule has 0 saturated carbocycles. The molecule has 1 aromatic carbocycles. The number of hydrogen-bond donors (Lipinski definition) is 0. The Morgan fingerprint density at radius 1 is 1.26 bits per heavy atom. The van der Waals surface area contributed by atoms with E-state index in [1.54, 1.807) is 0 Å². The highest BCUT2D eigenvalue weighted by atomic mass is 16.7. The van der Waals surface area contributed by atoms with Crippen LogP contribution in [-0.2, 0) is 20.8 Å². The van der Waals surface area contributed by atoms with E-state index >= 15 is 0 Å². The van der Waals surface area contributed by atoms with Gasteiger partial charge in [-0.3, -0.25) is 0 Å². The molecule has 1 fully saturated rings. The molecule has 0 bridgehead atoms. The molecule has 23 heavy (non-hydrogen) atoms. The van der Waals surface area contributed by atoms with Crippen molar-refractivity contribution in [3.05, 3.63) is 48.6 Å². The molecular weight excluding hydrogens is 288 g/mol. The summed E-state index contributed by atoms with van der Waals surface area (Å²) >= 11 is 0. The summed E-state index contributed by atoms with van der Waals surface area (Å²) in [5.74, 6) is 0.0685. The Morgan fingerprint density at radius 2 is 1.96 bits per heavy atom. The number of rotatable bonds is 7. The van der Waals surface area contributed by atoms with E-state index in [0.717, 1.165) is 6.42 Å². The van der Waals surface area contributed by atoms with Gasteiger partial charge >= 0.3 is 0 Å². The molecule has 0 radical (unpaired) electrons. The lowest BCUT2D eigenvalue weighted by Gasteiger charge is -2.46. The zero-order valence-electron chi connectivity index (χ0n) is 14.8. The van der Waals surface area contributed by atoms with Crippen molar-refractivity contribution in [3.8, 4) is 0 Å². The third-order valence-corrected chi connectivity index (χ3v) is 4.41. The molecule has 3 heteroatoms. The Balaban J connectivity index is 1.91. The summed E-state index contributed by atoms with van der Waals surface area (Å²) in [5, 5.41) is 0. The smallest absolute Gasteiger partial charge is 0.163 e. The first-order valence-electron chi connectivity index (χ1n) is 8.51. The lowest BCUT2D eigenvalue weighted by molar-refractivity contribution is -0.327. The number of hydrogen-bond acceptors (Lipinski definition) is 3. The van der Waals surface area contributed by atoms with Crippen LogP contribution < -0.4 is 0 Å². The van der Waals surface area contributed by atoms with Crippen LogP contribution in [0.15, 0.2) is 43.0 Å². The Morgan fingerprint density at radius 3 is 2.61 bits per heavy atom. The van der Waals surface area contributed by atoms with Crippen molar-refractivity contribution in [1.29, 1.82) is 0 Å². The van der Waals surface area contributed by atoms with Crippen molar-refractivity contribution >= 4 is 0 Å². The monoisotopic (exact) mass is 318 g/mol. The van der Waals surface area contributed by atoms with E-state index in [2.05, 4.69) is 32.6 Å². The second-order valence-electron chi connectivity index (χ2n) is 7.00. The average molecular weight is 318 g/mol. The fourth-order valence-corrected chi connectivity index (χ4v) is 3.24. The van der Waals surface area contributed by atoms with Crippen LogP contribution in [0.25, 0.3) is 0 Å². The average Bonchev–Trinajstić information content (AvgIpc) is 2.51. The van der Waals surface area contributed by atoms with Gasteiger partial charge in [0.05, 0.1) is 25.4 Å². The maximum atomic E-state index is 6.19. The molecule has 0 aliphatic carbocycles. The van der Waals surface area contributed by atoms with Gasteiger partial charge in [-0.05, 0) is 25.8 Å². The van der Waals surface area contributed by atoms with Crippen LogP contribution in [0.2, 0.25) is 0 Å². The van der Waals surface area contributed by atoms with Crippen LogP contribution >= 0.6 is 0 Å². The van der Waals surface area contributed by atoms with Crippen molar-refractivity contribution in [2.24, 2.45) is 11.8 Å². The summed E-state index contributed by atoms with van der Waals surface area (Å²) in [4.78, 5) is 0. The molecule has 1 aliphatic heterocycles. The molecule has 1 heterocycles. The standard InChI is InChI=1S/C20H30O3/c1-6-10-18-16(3)19(23-20(4,5)22-18)15(2)13-21-14-17-11-8-7-9-12-17/h6-9,11-12,15-16,18-19H,1,10,13-14H2,2-5H3/t15-,16-,18+,19+/m1/s1. The fraction of sp³-hybridized carbons (Fsp3) is 0.600. The third kappa shape index (κ3) is 5.17. The van der Waals surface area contributed by atoms with Gasteiger partial charge in [-0.15, -0.1) is 6.58 Å². The Kier molecular flexibility index (Phi) is 6.40. The zero-order chi connectivity index (χ0) is 16.9. The number of ether oxygens (including phenoxy) is 3. The third-order valence-electron chi connectivity index (χ3n) is 4.41. The van der Waals surface area contributed by atoms with Crippen LogP contribution in [0.5, 0.6) is 0 Å². The summed E-state index contributed by atoms with van der Waals surface area (Å²) in [6, 6.07) is 10.3. The van der Waals surface area contributed by atoms with Gasteiger partial charge in [-0.1, -0.05) is 50.3 Å².